The Hall–Kier alpha value is 0.550. The summed E-state index contributed by atoms with van der Waals surface area (Å²) in [6.45, 7) is 0. The maximum atomic E-state index is 12.9. The molecule has 0 bridgehead atoms. The number of benzene rings is 1. The molecule has 0 spiro atoms. The van der Waals surface area contributed by atoms with Crippen molar-refractivity contribution in [1.82, 2.24) is 0 Å². The third-order valence-electron chi connectivity index (χ3n) is 1.32. The Balaban J connectivity index is 0.00000144. The summed E-state index contributed by atoms with van der Waals surface area (Å²) in [6, 6.07) is 4.05. The molecular weight excluding hydrogens is 226 g/mol. The van der Waals surface area contributed by atoms with Gasteiger partial charge in [0.2, 0.25) is 0 Å². The zero-order chi connectivity index (χ0) is 9.14. The largest absolute Gasteiger partial charge is 1.00 e. The first kappa shape index (κ1) is 13.5. The van der Waals surface area contributed by atoms with Gasteiger partial charge in [-0.15, -0.1) is 0 Å². The van der Waals surface area contributed by atoms with Crippen LogP contribution in [0.4, 0.5) is 4.39 Å². The number of rotatable bonds is 2. The predicted octanol–water partition coefficient (Wildman–Crippen LogP) is -1.14. The van der Waals surface area contributed by atoms with Gasteiger partial charge in [0.1, 0.15) is 5.82 Å². The zero-order valence-corrected chi connectivity index (χ0v) is 10.5. The summed E-state index contributed by atoms with van der Waals surface area (Å²) in [4.78, 5) is 0. The van der Waals surface area contributed by atoms with E-state index < -0.39 is 16.9 Å². The topological polar surface area (TPSA) is 40.1 Å². The molecule has 6 heteroatoms. The summed E-state index contributed by atoms with van der Waals surface area (Å²) in [6.07, 6.45) is 0. The quantitative estimate of drug-likeness (QED) is 0.476. The molecule has 0 fully saturated rings. The van der Waals surface area contributed by atoms with Crippen LogP contribution in [0.1, 0.15) is 5.56 Å². The maximum absolute atomic E-state index is 12.9. The summed E-state index contributed by atoms with van der Waals surface area (Å²) in [5, 5.41) is 0.138. The number of hydrogen-bond acceptors (Lipinski definition) is 2. The molecule has 2 nitrogen and oxygen atoms in total. The van der Waals surface area contributed by atoms with Gasteiger partial charge >= 0.3 is 29.6 Å². The normalized spacial score (nSPS) is 11.9. The molecule has 0 aliphatic carbocycles. The molecule has 0 amide bonds. The molecular formula is C7H5ClFNaO2S. The van der Waals surface area contributed by atoms with Crippen molar-refractivity contribution in [1.29, 1.82) is 0 Å². The minimum absolute atomic E-state index is 0. The van der Waals surface area contributed by atoms with Crippen molar-refractivity contribution in [2.75, 3.05) is 0 Å². The minimum atomic E-state index is -2.31. The fourth-order valence-corrected chi connectivity index (χ4v) is 1.63. The predicted molar refractivity (Wildman–Crippen MR) is 44.0 cm³/mol. The molecule has 0 aliphatic rings. The molecule has 1 rings (SSSR count). The van der Waals surface area contributed by atoms with Crippen molar-refractivity contribution in [3.05, 3.63) is 34.6 Å². The van der Waals surface area contributed by atoms with E-state index in [2.05, 4.69) is 0 Å². The van der Waals surface area contributed by atoms with Gasteiger partial charge in [-0.2, -0.15) is 0 Å². The summed E-state index contributed by atoms with van der Waals surface area (Å²) < 4.78 is 33.3. The molecule has 0 N–H and O–H groups in total. The molecule has 0 heterocycles. The van der Waals surface area contributed by atoms with E-state index in [-0.39, 0.29) is 45.9 Å². The Morgan fingerprint density at radius 1 is 1.54 bits per heavy atom. The van der Waals surface area contributed by atoms with E-state index in [4.69, 9.17) is 11.6 Å². The van der Waals surface area contributed by atoms with Crippen LogP contribution >= 0.6 is 11.6 Å². The average molecular weight is 231 g/mol. The van der Waals surface area contributed by atoms with E-state index in [1.807, 2.05) is 0 Å². The van der Waals surface area contributed by atoms with Gasteiger partial charge in [0.15, 0.2) is 0 Å². The first-order valence-electron chi connectivity index (χ1n) is 3.10. The van der Waals surface area contributed by atoms with Gasteiger partial charge in [0.25, 0.3) is 0 Å². The van der Waals surface area contributed by atoms with Crippen LogP contribution in [-0.4, -0.2) is 8.76 Å². The molecule has 1 unspecified atom stereocenters. The molecule has 0 aliphatic heterocycles. The van der Waals surface area contributed by atoms with E-state index in [0.29, 0.717) is 0 Å². The fourth-order valence-electron chi connectivity index (χ4n) is 0.788. The van der Waals surface area contributed by atoms with Gasteiger partial charge in [-0.3, -0.25) is 4.21 Å². The zero-order valence-electron chi connectivity index (χ0n) is 6.92. The van der Waals surface area contributed by atoms with Crippen molar-refractivity contribution in [2.45, 2.75) is 5.75 Å². The summed E-state index contributed by atoms with van der Waals surface area (Å²) >= 11 is 3.25. The van der Waals surface area contributed by atoms with Gasteiger partial charge in [-0.05, 0) is 12.1 Å². The average Bonchev–Trinajstić information content (AvgIpc) is 1.97. The van der Waals surface area contributed by atoms with Crippen LogP contribution in [0.2, 0.25) is 5.02 Å². The van der Waals surface area contributed by atoms with Crippen molar-refractivity contribution < 1.29 is 42.7 Å². The van der Waals surface area contributed by atoms with Crippen molar-refractivity contribution in [3.63, 3.8) is 0 Å². The Kier molecular flexibility index (Phi) is 6.37. The number of halogens is 2. The van der Waals surface area contributed by atoms with E-state index >= 15 is 0 Å². The smallest absolute Gasteiger partial charge is 0.772 e. The van der Waals surface area contributed by atoms with Gasteiger partial charge in [-0.1, -0.05) is 28.7 Å². The molecule has 0 radical (unpaired) electrons. The monoisotopic (exact) mass is 230 g/mol. The van der Waals surface area contributed by atoms with E-state index in [1.165, 1.54) is 18.2 Å². The summed E-state index contributed by atoms with van der Waals surface area (Å²) in [5.41, 5.74) is 0.0208. The second-order valence-electron chi connectivity index (χ2n) is 2.15. The third-order valence-corrected chi connectivity index (χ3v) is 2.20. The number of hydrogen-bond donors (Lipinski definition) is 0. The second kappa shape index (κ2) is 6.11. The Labute approximate surface area is 105 Å². The summed E-state index contributed by atoms with van der Waals surface area (Å²) in [5.74, 6) is -0.974. The molecule has 1 aromatic carbocycles. The van der Waals surface area contributed by atoms with Gasteiger partial charge in [-0.25, -0.2) is 4.39 Å². The Morgan fingerprint density at radius 2 is 2.15 bits per heavy atom. The molecule has 0 saturated heterocycles. The van der Waals surface area contributed by atoms with Crippen molar-refractivity contribution in [3.8, 4) is 0 Å². The van der Waals surface area contributed by atoms with Crippen LogP contribution in [0.5, 0.6) is 0 Å². The Morgan fingerprint density at radius 3 is 2.62 bits per heavy atom. The van der Waals surface area contributed by atoms with Gasteiger partial charge in [0.05, 0.1) is 0 Å². The first-order chi connectivity index (χ1) is 5.61. The Bertz CT molecular complexity index is 301. The maximum Gasteiger partial charge on any atom is 1.00 e. The fraction of sp³-hybridized carbons (Fsp3) is 0.143. The molecule has 1 atom stereocenters. The molecule has 0 aromatic heterocycles. The van der Waals surface area contributed by atoms with Crippen LogP contribution < -0.4 is 29.6 Å². The molecule has 1 aromatic rings. The van der Waals surface area contributed by atoms with Crippen LogP contribution in [0, 0.1) is 5.82 Å². The van der Waals surface area contributed by atoms with Gasteiger partial charge < -0.3 is 4.55 Å². The van der Waals surface area contributed by atoms with Crippen LogP contribution in [0.3, 0.4) is 0 Å². The second-order valence-corrected chi connectivity index (χ2v) is 3.45. The van der Waals surface area contributed by atoms with E-state index in [1.54, 1.807) is 0 Å². The third kappa shape index (κ3) is 4.06. The molecule has 13 heavy (non-hydrogen) atoms. The van der Waals surface area contributed by atoms with E-state index in [0.717, 1.165) is 0 Å². The van der Waals surface area contributed by atoms with Crippen LogP contribution in [0.25, 0.3) is 0 Å². The molecule has 0 saturated carbocycles. The molecule has 66 valence electrons. The van der Waals surface area contributed by atoms with Crippen LogP contribution in [-0.2, 0) is 16.8 Å². The van der Waals surface area contributed by atoms with Gasteiger partial charge in [0, 0.05) is 16.3 Å². The SMILES string of the molecule is O=S([O-])Cc1c(F)cccc1Cl.[Na+]. The van der Waals surface area contributed by atoms with Crippen molar-refractivity contribution in [2.24, 2.45) is 0 Å². The van der Waals surface area contributed by atoms with Crippen LogP contribution in [0.15, 0.2) is 18.2 Å². The summed E-state index contributed by atoms with van der Waals surface area (Å²) in [7, 11) is 0. The first-order valence-corrected chi connectivity index (χ1v) is 4.72. The minimum Gasteiger partial charge on any atom is -0.772 e. The standard InChI is InChI=1S/C7H6ClFO2S.Na/c8-6-2-1-3-7(9)5(6)4-12(10)11;/h1-3H,4H2,(H,10,11);/q;+1/p-1. The van der Waals surface area contributed by atoms with E-state index in [9.17, 15) is 13.2 Å². The van der Waals surface area contributed by atoms with Crippen molar-refractivity contribution >= 4 is 22.7 Å².